The summed E-state index contributed by atoms with van der Waals surface area (Å²) in [5, 5.41) is 11.3. The Labute approximate surface area is 99.5 Å². The van der Waals surface area contributed by atoms with E-state index < -0.39 is 17.8 Å². The maximum absolute atomic E-state index is 12.2. The number of hydrogen-bond donors (Lipinski definition) is 2. The van der Waals surface area contributed by atoms with Gasteiger partial charge in [0, 0.05) is 25.5 Å². The minimum Gasteiger partial charge on any atom is -0.465 e. The summed E-state index contributed by atoms with van der Waals surface area (Å²) in [6, 6.07) is -0.169. The molecule has 1 amide bonds. The van der Waals surface area contributed by atoms with Crippen molar-refractivity contribution in [1.29, 1.82) is 0 Å². The summed E-state index contributed by atoms with van der Waals surface area (Å²) < 4.78 is 36.7. The number of carbonyl (C=O) groups is 1. The summed E-state index contributed by atoms with van der Waals surface area (Å²) in [6.45, 7) is 0.527. The molecule has 0 spiro atoms. The fourth-order valence-electron chi connectivity index (χ4n) is 1.46. The lowest BCUT2D eigenvalue weighted by molar-refractivity contribution is -0.138. The molecular formula is C9H9F3N4O2. The number of nitrogens with zero attached hydrogens (tertiary/aromatic N) is 3. The number of alkyl halides is 3. The standard InChI is InChI=1S/C9H9F3N4O2/c10-9(11,12)5-1-13-7(14-2-5)15-6-3-16(4-6)8(17)18/h1-2,6H,3-4H2,(H,17,18)(H,13,14,15). The molecule has 6 nitrogen and oxygen atoms in total. The maximum Gasteiger partial charge on any atom is 0.419 e. The van der Waals surface area contributed by atoms with Gasteiger partial charge in [0.15, 0.2) is 0 Å². The summed E-state index contributed by atoms with van der Waals surface area (Å²) in [7, 11) is 0. The molecule has 0 bridgehead atoms. The fourth-order valence-corrected chi connectivity index (χ4v) is 1.46. The van der Waals surface area contributed by atoms with Gasteiger partial charge in [0.25, 0.3) is 0 Å². The van der Waals surface area contributed by atoms with E-state index >= 15 is 0 Å². The van der Waals surface area contributed by atoms with E-state index in [-0.39, 0.29) is 25.1 Å². The number of likely N-dealkylation sites (tertiary alicyclic amines) is 1. The summed E-state index contributed by atoms with van der Waals surface area (Å²) in [4.78, 5) is 18.7. The molecule has 1 aromatic rings. The highest BCUT2D eigenvalue weighted by atomic mass is 19.4. The molecule has 2 N–H and O–H groups in total. The van der Waals surface area contributed by atoms with Crippen molar-refractivity contribution in [3.8, 4) is 0 Å². The lowest BCUT2D eigenvalue weighted by Gasteiger charge is -2.37. The van der Waals surface area contributed by atoms with Crippen molar-refractivity contribution in [3.05, 3.63) is 18.0 Å². The van der Waals surface area contributed by atoms with E-state index in [9.17, 15) is 18.0 Å². The summed E-state index contributed by atoms with van der Waals surface area (Å²) in [6.07, 6.45) is -4.12. The molecular weight excluding hydrogens is 253 g/mol. The first-order valence-corrected chi connectivity index (χ1v) is 5.00. The number of anilines is 1. The average Bonchev–Trinajstić information content (AvgIpc) is 2.21. The highest BCUT2D eigenvalue weighted by Gasteiger charge is 2.33. The quantitative estimate of drug-likeness (QED) is 0.839. The zero-order valence-electron chi connectivity index (χ0n) is 8.98. The number of aromatic nitrogens is 2. The van der Waals surface area contributed by atoms with Crippen LogP contribution >= 0.6 is 0 Å². The molecule has 1 saturated heterocycles. The maximum atomic E-state index is 12.2. The van der Waals surface area contributed by atoms with Crippen LogP contribution in [0.3, 0.4) is 0 Å². The van der Waals surface area contributed by atoms with Gasteiger partial charge in [-0.25, -0.2) is 14.8 Å². The predicted molar refractivity (Wildman–Crippen MR) is 54.0 cm³/mol. The molecule has 0 saturated carbocycles. The van der Waals surface area contributed by atoms with Gasteiger partial charge in [0.1, 0.15) is 0 Å². The van der Waals surface area contributed by atoms with Crippen LogP contribution in [0, 0.1) is 0 Å². The number of carboxylic acid groups (broad SMARTS) is 1. The van der Waals surface area contributed by atoms with Crippen molar-refractivity contribution in [2.45, 2.75) is 12.2 Å². The second-order valence-corrected chi connectivity index (χ2v) is 3.82. The van der Waals surface area contributed by atoms with Gasteiger partial charge in [-0.1, -0.05) is 0 Å². The molecule has 2 rings (SSSR count). The van der Waals surface area contributed by atoms with Gasteiger partial charge in [-0.05, 0) is 0 Å². The van der Waals surface area contributed by atoms with E-state index in [1.54, 1.807) is 0 Å². The Bertz CT molecular complexity index is 442. The molecule has 1 aliphatic rings. The van der Waals surface area contributed by atoms with E-state index in [1.807, 2.05) is 0 Å². The fraction of sp³-hybridized carbons (Fsp3) is 0.444. The van der Waals surface area contributed by atoms with Crippen LogP contribution in [0.15, 0.2) is 12.4 Å². The van der Waals surface area contributed by atoms with E-state index in [0.29, 0.717) is 12.4 Å². The number of nitrogens with one attached hydrogen (secondary N) is 1. The Balaban J connectivity index is 1.90. The number of halogens is 3. The third-order valence-electron chi connectivity index (χ3n) is 2.46. The minimum absolute atomic E-state index is 0.0537. The van der Waals surface area contributed by atoms with Crippen molar-refractivity contribution < 1.29 is 23.1 Å². The Morgan fingerprint density at radius 1 is 1.39 bits per heavy atom. The van der Waals surface area contributed by atoms with Crippen LogP contribution < -0.4 is 5.32 Å². The molecule has 0 aromatic carbocycles. The minimum atomic E-state index is -4.46. The number of amides is 1. The topological polar surface area (TPSA) is 78.4 Å². The van der Waals surface area contributed by atoms with Crippen molar-refractivity contribution in [1.82, 2.24) is 14.9 Å². The average molecular weight is 262 g/mol. The second kappa shape index (κ2) is 4.31. The van der Waals surface area contributed by atoms with Crippen LogP contribution in [0.4, 0.5) is 23.9 Å². The first-order chi connectivity index (χ1) is 8.36. The molecule has 1 aliphatic heterocycles. The van der Waals surface area contributed by atoms with Crippen LogP contribution in [-0.4, -0.2) is 45.2 Å². The van der Waals surface area contributed by atoms with Gasteiger partial charge in [-0.2, -0.15) is 13.2 Å². The SMILES string of the molecule is O=C(O)N1CC(Nc2ncc(C(F)(F)F)cn2)C1. The highest BCUT2D eigenvalue weighted by Crippen LogP contribution is 2.28. The van der Waals surface area contributed by atoms with Crippen LogP contribution in [-0.2, 0) is 6.18 Å². The summed E-state index contributed by atoms with van der Waals surface area (Å²) in [5.74, 6) is 0.0537. The molecule has 1 fully saturated rings. The van der Waals surface area contributed by atoms with Crippen LogP contribution in [0.5, 0.6) is 0 Å². The van der Waals surface area contributed by atoms with Gasteiger partial charge in [0.2, 0.25) is 5.95 Å². The second-order valence-electron chi connectivity index (χ2n) is 3.82. The van der Waals surface area contributed by atoms with Crippen LogP contribution in [0.2, 0.25) is 0 Å². The third-order valence-corrected chi connectivity index (χ3v) is 2.46. The molecule has 2 heterocycles. The zero-order chi connectivity index (χ0) is 13.3. The largest absolute Gasteiger partial charge is 0.465 e. The first-order valence-electron chi connectivity index (χ1n) is 5.00. The van der Waals surface area contributed by atoms with Crippen LogP contribution in [0.25, 0.3) is 0 Å². The molecule has 18 heavy (non-hydrogen) atoms. The van der Waals surface area contributed by atoms with Gasteiger partial charge >= 0.3 is 12.3 Å². The number of rotatable bonds is 2. The summed E-state index contributed by atoms with van der Waals surface area (Å²) >= 11 is 0. The number of hydrogen-bond acceptors (Lipinski definition) is 4. The Morgan fingerprint density at radius 2 is 1.94 bits per heavy atom. The first kappa shape index (κ1) is 12.4. The smallest absolute Gasteiger partial charge is 0.419 e. The molecule has 98 valence electrons. The normalized spacial score (nSPS) is 16.3. The molecule has 0 atom stereocenters. The van der Waals surface area contributed by atoms with Crippen LogP contribution in [0.1, 0.15) is 5.56 Å². The van der Waals surface area contributed by atoms with Crippen molar-refractivity contribution >= 4 is 12.0 Å². The van der Waals surface area contributed by atoms with Gasteiger partial charge < -0.3 is 15.3 Å². The highest BCUT2D eigenvalue weighted by molar-refractivity contribution is 5.66. The van der Waals surface area contributed by atoms with Gasteiger partial charge in [-0.3, -0.25) is 0 Å². The van der Waals surface area contributed by atoms with Gasteiger partial charge in [-0.15, -0.1) is 0 Å². The lowest BCUT2D eigenvalue weighted by Crippen LogP contribution is -2.56. The van der Waals surface area contributed by atoms with Crippen molar-refractivity contribution in [3.63, 3.8) is 0 Å². The predicted octanol–water partition coefficient (Wildman–Crippen LogP) is 1.27. The molecule has 9 heteroatoms. The Morgan fingerprint density at radius 3 is 2.39 bits per heavy atom. The lowest BCUT2D eigenvalue weighted by atomic mass is 10.1. The molecule has 0 radical (unpaired) electrons. The van der Waals surface area contributed by atoms with E-state index in [2.05, 4.69) is 15.3 Å². The molecule has 0 aliphatic carbocycles. The Hall–Kier alpha value is -2.06. The summed E-state index contributed by atoms with van der Waals surface area (Å²) in [5.41, 5.74) is -0.922. The van der Waals surface area contributed by atoms with E-state index in [1.165, 1.54) is 4.90 Å². The van der Waals surface area contributed by atoms with E-state index in [0.717, 1.165) is 0 Å². The van der Waals surface area contributed by atoms with Crippen molar-refractivity contribution in [2.24, 2.45) is 0 Å². The Kier molecular flexibility index (Phi) is 2.97. The van der Waals surface area contributed by atoms with E-state index in [4.69, 9.17) is 5.11 Å². The zero-order valence-corrected chi connectivity index (χ0v) is 8.98. The monoisotopic (exact) mass is 262 g/mol. The third kappa shape index (κ3) is 2.60. The molecule has 0 unspecified atom stereocenters. The van der Waals surface area contributed by atoms with Gasteiger partial charge in [0.05, 0.1) is 11.6 Å². The molecule has 1 aromatic heterocycles. The van der Waals surface area contributed by atoms with Crippen molar-refractivity contribution in [2.75, 3.05) is 18.4 Å².